The predicted octanol–water partition coefficient (Wildman–Crippen LogP) is 3.81. The Hall–Kier alpha value is -0.960. The zero-order chi connectivity index (χ0) is 12.3. The molecule has 1 atom stereocenters. The van der Waals surface area contributed by atoms with Crippen LogP contribution < -0.4 is 5.32 Å². The van der Waals surface area contributed by atoms with E-state index in [1.807, 2.05) is 6.92 Å². The van der Waals surface area contributed by atoms with Gasteiger partial charge in [-0.25, -0.2) is 8.78 Å². The van der Waals surface area contributed by atoms with Gasteiger partial charge in [0.1, 0.15) is 0 Å². The van der Waals surface area contributed by atoms with Gasteiger partial charge in [0.15, 0.2) is 11.6 Å². The monoisotopic (exact) mass is 239 g/mol. The van der Waals surface area contributed by atoms with E-state index in [0.29, 0.717) is 11.5 Å². The van der Waals surface area contributed by atoms with Gasteiger partial charge in [-0.3, -0.25) is 0 Å². The molecule has 1 aromatic rings. The van der Waals surface area contributed by atoms with Gasteiger partial charge in [0.2, 0.25) is 0 Å². The molecular weight excluding hydrogens is 220 g/mol. The van der Waals surface area contributed by atoms with Crippen LogP contribution in [-0.2, 0) is 0 Å². The summed E-state index contributed by atoms with van der Waals surface area (Å²) in [4.78, 5) is 0. The SMILES string of the molecule is CCNC(CC1CCC1)c1cccc(F)c1F. The molecule has 1 aromatic carbocycles. The fourth-order valence-corrected chi connectivity index (χ4v) is 2.42. The molecule has 1 unspecified atom stereocenters. The number of benzene rings is 1. The first kappa shape index (κ1) is 12.5. The molecule has 17 heavy (non-hydrogen) atoms. The summed E-state index contributed by atoms with van der Waals surface area (Å²) in [5, 5.41) is 3.26. The van der Waals surface area contributed by atoms with E-state index in [1.54, 1.807) is 12.1 Å². The average Bonchev–Trinajstić information content (AvgIpc) is 2.26. The van der Waals surface area contributed by atoms with Crippen LogP contribution in [0.15, 0.2) is 18.2 Å². The first-order valence-corrected chi connectivity index (χ1v) is 6.39. The maximum atomic E-state index is 13.7. The molecule has 1 aliphatic carbocycles. The Morgan fingerprint density at radius 1 is 1.35 bits per heavy atom. The van der Waals surface area contributed by atoms with E-state index in [1.165, 1.54) is 25.3 Å². The lowest BCUT2D eigenvalue weighted by Crippen LogP contribution is -2.26. The molecule has 3 heteroatoms. The van der Waals surface area contributed by atoms with Crippen LogP contribution in [0, 0.1) is 17.6 Å². The van der Waals surface area contributed by atoms with E-state index in [4.69, 9.17) is 0 Å². The van der Waals surface area contributed by atoms with Gasteiger partial charge in [0, 0.05) is 11.6 Å². The highest BCUT2D eigenvalue weighted by Crippen LogP contribution is 2.35. The summed E-state index contributed by atoms with van der Waals surface area (Å²) in [6.45, 7) is 2.76. The highest BCUT2D eigenvalue weighted by molar-refractivity contribution is 5.22. The topological polar surface area (TPSA) is 12.0 Å². The largest absolute Gasteiger partial charge is 0.310 e. The Morgan fingerprint density at radius 3 is 2.71 bits per heavy atom. The van der Waals surface area contributed by atoms with Crippen molar-refractivity contribution in [3.8, 4) is 0 Å². The first-order chi connectivity index (χ1) is 8.22. The number of hydrogen-bond donors (Lipinski definition) is 1. The van der Waals surface area contributed by atoms with Crippen molar-refractivity contribution < 1.29 is 8.78 Å². The quantitative estimate of drug-likeness (QED) is 0.824. The minimum absolute atomic E-state index is 0.0546. The van der Waals surface area contributed by atoms with Crippen molar-refractivity contribution >= 4 is 0 Å². The van der Waals surface area contributed by atoms with Crippen molar-refractivity contribution in [2.24, 2.45) is 5.92 Å². The van der Waals surface area contributed by atoms with E-state index in [2.05, 4.69) is 5.32 Å². The fourth-order valence-electron chi connectivity index (χ4n) is 2.42. The number of halogens is 2. The van der Waals surface area contributed by atoms with Gasteiger partial charge in [-0.15, -0.1) is 0 Å². The van der Waals surface area contributed by atoms with Crippen molar-refractivity contribution in [3.63, 3.8) is 0 Å². The molecular formula is C14H19F2N. The van der Waals surface area contributed by atoms with Gasteiger partial charge in [0.25, 0.3) is 0 Å². The third-order valence-corrected chi connectivity index (χ3v) is 3.60. The second-order valence-corrected chi connectivity index (χ2v) is 4.79. The molecule has 0 aromatic heterocycles. The number of hydrogen-bond acceptors (Lipinski definition) is 1. The minimum atomic E-state index is -0.751. The van der Waals surface area contributed by atoms with Gasteiger partial charge >= 0.3 is 0 Å². The molecule has 0 saturated heterocycles. The van der Waals surface area contributed by atoms with Crippen LogP contribution >= 0.6 is 0 Å². The molecule has 1 nitrogen and oxygen atoms in total. The summed E-state index contributed by atoms with van der Waals surface area (Å²) < 4.78 is 26.9. The van der Waals surface area contributed by atoms with Crippen LogP contribution in [0.3, 0.4) is 0 Å². The summed E-state index contributed by atoms with van der Waals surface area (Å²) in [6.07, 6.45) is 4.63. The van der Waals surface area contributed by atoms with E-state index in [9.17, 15) is 8.78 Å². The van der Waals surface area contributed by atoms with Crippen LogP contribution in [0.5, 0.6) is 0 Å². The van der Waals surface area contributed by atoms with Gasteiger partial charge in [-0.2, -0.15) is 0 Å². The molecule has 0 spiro atoms. The van der Waals surface area contributed by atoms with Crippen molar-refractivity contribution in [1.29, 1.82) is 0 Å². The van der Waals surface area contributed by atoms with E-state index >= 15 is 0 Å². The summed E-state index contributed by atoms with van der Waals surface area (Å²) in [5.41, 5.74) is 0.471. The Bertz CT molecular complexity index is 374. The second-order valence-electron chi connectivity index (χ2n) is 4.79. The fraction of sp³-hybridized carbons (Fsp3) is 0.571. The lowest BCUT2D eigenvalue weighted by atomic mass is 9.79. The van der Waals surface area contributed by atoms with Crippen LogP contribution in [0.4, 0.5) is 8.78 Å². The maximum Gasteiger partial charge on any atom is 0.163 e. The van der Waals surface area contributed by atoms with Crippen LogP contribution in [0.1, 0.15) is 44.2 Å². The summed E-state index contributed by atoms with van der Waals surface area (Å²) in [7, 11) is 0. The molecule has 0 radical (unpaired) electrons. The van der Waals surface area contributed by atoms with E-state index < -0.39 is 11.6 Å². The summed E-state index contributed by atoms with van der Waals surface area (Å²) in [6, 6.07) is 4.38. The minimum Gasteiger partial charge on any atom is -0.310 e. The smallest absolute Gasteiger partial charge is 0.163 e. The van der Waals surface area contributed by atoms with E-state index in [0.717, 1.165) is 13.0 Å². The zero-order valence-electron chi connectivity index (χ0n) is 10.2. The standard InChI is InChI=1S/C14H19F2N/c1-2-17-13(9-10-5-3-6-10)11-7-4-8-12(15)14(11)16/h4,7-8,10,13,17H,2-3,5-6,9H2,1H3. The maximum absolute atomic E-state index is 13.7. The Balaban J connectivity index is 2.15. The normalized spacial score (nSPS) is 17.8. The van der Waals surface area contributed by atoms with Crippen molar-refractivity contribution in [3.05, 3.63) is 35.4 Å². The molecule has 94 valence electrons. The van der Waals surface area contributed by atoms with Crippen LogP contribution in [0.2, 0.25) is 0 Å². The highest BCUT2D eigenvalue weighted by Gasteiger charge is 2.25. The lowest BCUT2D eigenvalue weighted by Gasteiger charge is -2.30. The molecule has 2 rings (SSSR count). The van der Waals surface area contributed by atoms with Crippen molar-refractivity contribution in [2.75, 3.05) is 6.54 Å². The second kappa shape index (κ2) is 5.58. The molecule has 0 aliphatic heterocycles. The summed E-state index contributed by atoms with van der Waals surface area (Å²) in [5.74, 6) is -0.779. The third kappa shape index (κ3) is 2.83. The molecule has 1 N–H and O–H groups in total. The Morgan fingerprint density at radius 2 is 2.12 bits per heavy atom. The average molecular weight is 239 g/mol. The van der Waals surface area contributed by atoms with Gasteiger partial charge in [0.05, 0.1) is 0 Å². The van der Waals surface area contributed by atoms with Gasteiger partial charge < -0.3 is 5.32 Å². The van der Waals surface area contributed by atoms with E-state index in [-0.39, 0.29) is 6.04 Å². The molecule has 1 saturated carbocycles. The van der Waals surface area contributed by atoms with Crippen LogP contribution in [-0.4, -0.2) is 6.54 Å². The molecule has 0 amide bonds. The molecule has 1 fully saturated rings. The molecule has 1 aliphatic rings. The third-order valence-electron chi connectivity index (χ3n) is 3.60. The lowest BCUT2D eigenvalue weighted by molar-refractivity contribution is 0.259. The Kier molecular flexibility index (Phi) is 4.11. The summed E-state index contributed by atoms with van der Waals surface area (Å²) >= 11 is 0. The Labute approximate surface area is 101 Å². The predicted molar refractivity (Wildman–Crippen MR) is 64.7 cm³/mol. The van der Waals surface area contributed by atoms with Crippen molar-refractivity contribution in [2.45, 2.75) is 38.6 Å². The first-order valence-electron chi connectivity index (χ1n) is 6.39. The number of rotatable bonds is 5. The highest BCUT2D eigenvalue weighted by atomic mass is 19.2. The van der Waals surface area contributed by atoms with Crippen LogP contribution in [0.25, 0.3) is 0 Å². The molecule has 0 bridgehead atoms. The zero-order valence-corrected chi connectivity index (χ0v) is 10.2. The number of nitrogens with one attached hydrogen (secondary N) is 1. The van der Waals surface area contributed by atoms with Gasteiger partial charge in [-0.05, 0) is 24.9 Å². The van der Waals surface area contributed by atoms with Crippen molar-refractivity contribution in [1.82, 2.24) is 5.32 Å². The molecule has 0 heterocycles. The van der Waals surface area contributed by atoms with Gasteiger partial charge in [-0.1, -0.05) is 38.3 Å².